The van der Waals surface area contributed by atoms with Crippen molar-refractivity contribution in [3.8, 4) is 0 Å². The second kappa shape index (κ2) is 5.71. The number of hydrogen-bond acceptors (Lipinski definition) is 3. The molecule has 0 saturated carbocycles. The zero-order valence-electron chi connectivity index (χ0n) is 10.3. The van der Waals surface area contributed by atoms with Crippen molar-refractivity contribution < 1.29 is 4.79 Å². The van der Waals surface area contributed by atoms with E-state index in [4.69, 9.17) is 0 Å². The number of hydrazine groups is 1. The highest BCUT2D eigenvalue weighted by Gasteiger charge is 2.08. The van der Waals surface area contributed by atoms with Gasteiger partial charge in [0.1, 0.15) is 0 Å². The molecule has 0 spiro atoms. The average molecular weight is 321 g/mol. The van der Waals surface area contributed by atoms with Crippen molar-refractivity contribution in [3.05, 3.63) is 58.3 Å². The fourth-order valence-corrected chi connectivity index (χ4v) is 1.72. The predicted octanol–water partition coefficient (Wildman–Crippen LogP) is 2.39. The number of aryl methyl sites for hydroxylation is 1. The van der Waals surface area contributed by atoms with Crippen molar-refractivity contribution in [2.45, 2.75) is 6.92 Å². The highest BCUT2D eigenvalue weighted by molar-refractivity contribution is 9.10. The number of aromatic nitrogens is 2. The Bertz CT molecular complexity index is 603. The Balaban J connectivity index is 1.93. The summed E-state index contributed by atoms with van der Waals surface area (Å²) in [6.45, 7) is 5.69. The minimum absolute atomic E-state index is 0.317. The second-order valence-electron chi connectivity index (χ2n) is 4.00. The number of H-pyrrole nitrogens is 1. The number of halogens is 1. The van der Waals surface area contributed by atoms with E-state index < -0.39 is 0 Å². The van der Waals surface area contributed by atoms with Crippen LogP contribution in [0, 0.1) is 6.92 Å². The number of hydrogen-bond donors (Lipinski definition) is 3. The smallest absolute Gasteiger partial charge is 0.290 e. The van der Waals surface area contributed by atoms with Gasteiger partial charge in [0, 0.05) is 10.2 Å². The Hall–Kier alpha value is -2.08. The van der Waals surface area contributed by atoms with E-state index in [0.717, 1.165) is 15.7 Å². The number of aromatic amines is 1. The molecule has 6 heteroatoms. The molecule has 2 aromatic rings. The Morgan fingerprint density at radius 1 is 1.32 bits per heavy atom. The molecular weight excluding hydrogens is 308 g/mol. The summed E-state index contributed by atoms with van der Waals surface area (Å²) in [5, 5.41) is 6.57. The van der Waals surface area contributed by atoms with Crippen LogP contribution in [-0.4, -0.2) is 16.1 Å². The van der Waals surface area contributed by atoms with Gasteiger partial charge in [0.05, 0.1) is 5.70 Å². The third kappa shape index (κ3) is 3.45. The Kier molecular flexibility index (Phi) is 4.01. The lowest BCUT2D eigenvalue weighted by atomic mass is 10.2. The van der Waals surface area contributed by atoms with Crippen LogP contribution in [0.5, 0.6) is 0 Å². The summed E-state index contributed by atoms with van der Waals surface area (Å²) < 4.78 is 0.986. The molecule has 0 bridgehead atoms. The molecule has 19 heavy (non-hydrogen) atoms. The molecule has 0 aliphatic heterocycles. The summed E-state index contributed by atoms with van der Waals surface area (Å²) in [5.74, 6) is -0.317. The van der Waals surface area contributed by atoms with Crippen molar-refractivity contribution >= 4 is 27.5 Å². The molecule has 0 fully saturated rings. The Labute approximate surface area is 119 Å². The molecule has 0 unspecified atom stereocenters. The number of rotatable bonds is 4. The predicted molar refractivity (Wildman–Crippen MR) is 77.1 cm³/mol. The van der Waals surface area contributed by atoms with Crippen molar-refractivity contribution in [1.82, 2.24) is 21.0 Å². The second-order valence-corrected chi connectivity index (χ2v) is 4.92. The molecule has 1 aromatic heterocycles. The zero-order valence-corrected chi connectivity index (χ0v) is 11.9. The van der Waals surface area contributed by atoms with E-state index in [9.17, 15) is 4.79 Å². The van der Waals surface area contributed by atoms with E-state index in [-0.39, 0.29) is 5.91 Å². The van der Waals surface area contributed by atoms with Crippen molar-refractivity contribution in [1.29, 1.82) is 0 Å². The number of nitrogens with zero attached hydrogens (tertiary/aromatic N) is 1. The molecule has 2 rings (SSSR count). The summed E-state index contributed by atoms with van der Waals surface area (Å²) in [6, 6.07) is 9.26. The van der Waals surface area contributed by atoms with Crippen LogP contribution in [0.4, 0.5) is 0 Å². The first-order valence-electron chi connectivity index (χ1n) is 5.59. The van der Waals surface area contributed by atoms with Gasteiger partial charge in [-0.15, -0.1) is 0 Å². The van der Waals surface area contributed by atoms with Crippen LogP contribution in [0.1, 0.15) is 21.7 Å². The van der Waals surface area contributed by atoms with Gasteiger partial charge < -0.3 is 0 Å². The first-order valence-corrected chi connectivity index (χ1v) is 6.39. The fraction of sp³-hybridized carbons (Fsp3) is 0.0769. The lowest BCUT2D eigenvalue weighted by Crippen LogP contribution is -2.36. The monoisotopic (exact) mass is 320 g/mol. The van der Waals surface area contributed by atoms with Crippen molar-refractivity contribution in [3.63, 3.8) is 0 Å². The largest absolute Gasteiger partial charge is 0.298 e. The standard InChI is InChI=1S/C13H13BrN4O/c1-8-7-12(17-15-8)13(19)18-16-9(2)10-3-5-11(14)6-4-10/h3-7,16H,2H2,1H3,(H,15,17)(H,18,19). The Morgan fingerprint density at radius 2 is 2.00 bits per heavy atom. The molecule has 3 N–H and O–H groups in total. The van der Waals surface area contributed by atoms with Gasteiger partial charge in [0.2, 0.25) is 0 Å². The molecule has 5 nitrogen and oxygen atoms in total. The fourth-order valence-electron chi connectivity index (χ4n) is 1.45. The first-order chi connectivity index (χ1) is 9.06. The molecule has 0 radical (unpaired) electrons. The molecule has 0 aliphatic carbocycles. The van der Waals surface area contributed by atoms with Gasteiger partial charge in [-0.25, -0.2) is 0 Å². The van der Waals surface area contributed by atoms with Crippen LogP contribution < -0.4 is 10.9 Å². The number of carbonyl (C=O) groups excluding carboxylic acids is 1. The highest BCUT2D eigenvalue weighted by Crippen LogP contribution is 2.14. The highest BCUT2D eigenvalue weighted by atomic mass is 79.9. The molecule has 1 aromatic carbocycles. The van der Waals surface area contributed by atoms with Gasteiger partial charge in [-0.3, -0.25) is 20.7 Å². The van der Waals surface area contributed by atoms with E-state index in [0.29, 0.717) is 11.4 Å². The molecule has 0 atom stereocenters. The van der Waals surface area contributed by atoms with Crippen LogP contribution >= 0.6 is 15.9 Å². The van der Waals surface area contributed by atoms with Gasteiger partial charge in [-0.2, -0.15) is 5.10 Å². The van der Waals surface area contributed by atoms with E-state index in [1.165, 1.54) is 0 Å². The van der Waals surface area contributed by atoms with Gasteiger partial charge in [-0.1, -0.05) is 34.6 Å². The third-order valence-electron chi connectivity index (χ3n) is 2.46. The molecule has 0 aliphatic rings. The first kappa shape index (κ1) is 13.4. The average Bonchev–Trinajstić information content (AvgIpc) is 2.83. The van der Waals surface area contributed by atoms with Gasteiger partial charge in [0.25, 0.3) is 5.91 Å². The number of benzene rings is 1. The van der Waals surface area contributed by atoms with E-state index in [2.05, 4.69) is 43.6 Å². The number of amides is 1. The van der Waals surface area contributed by atoms with Crippen molar-refractivity contribution in [2.24, 2.45) is 0 Å². The topological polar surface area (TPSA) is 69.8 Å². The maximum Gasteiger partial charge on any atom is 0.290 e. The van der Waals surface area contributed by atoms with Crippen LogP contribution in [-0.2, 0) is 0 Å². The van der Waals surface area contributed by atoms with Crippen LogP contribution in [0.15, 0.2) is 41.4 Å². The molecule has 98 valence electrons. The lowest BCUT2D eigenvalue weighted by Gasteiger charge is -2.10. The minimum Gasteiger partial charge on any atom is -0.298 e. The minimum atomic E-state index is -0.317. The summed E-state index contributed by atoms with van der Waals surface area (Å²) in [4.78, 5) is 11.7. The van der Waals surface area contributed by atoms with E-state index in [1.54, 1.807) is 6.07 Å². The molecule has 1 heterocycles. The molecular formula is C13H13BrN4O. The van der Waals surface area contributed by atoms with E-state index in [1.807, 2.05) is 31.2 Å². The normalized spacial score (nSPS) is 10.0. The van der Waals surface area contributed by atoms with Gasteiger partial charge in [-0.05, 0) is 30.7 Å². The maximum atomic E-state index is 11.7. The molecule has 0 saturated heterocycles. The SMILES string of the molecule is C=C(NNC(=O)c1cc(C)[nH]n1)c1ccc(Br)cc1. The summed E-state index contributed by atoms with van der Waals surface area (Å²) >= 11 is 3.36. The quantitative estimate of drug-likeness (QED) is 0.757. The van der Waals surface area contributed by atoms with Gasteiger partial charge >= 0.3 is 0 Å². The zero-order chi connectivity index (χ0) is 13.8. The van der Waals surface area contributed by atoms with Crippen LogP contribution in [0.2, 0.25) is 0 Å². The third-order valence-corrected chi connectivity index (χ3v) is 2.99. The molecule has 1 amide bonds. The van der Waals surface area contributed by atoms with Crippen molar-refractivity contribution in [2.75, 3.05) is 0 Å². The number of carbonyl (C=O) groups is 1. The summed E-state index contributed by atoms with van der Waals surface area (Å²) in [7, 11) is 0. The summed E-state index contributed by atoms with van der Waals surface area (Å²) in [5.41, 5.74) is 7.96. The van der Waals surface area contributed by atoms with Crippen LogP contribution in [0.3, 0.4) is 0 Å². The van der Waals surface area contributed by atoms with Crippen LogP contribution in [0.25, 0.3) is 5.70 Å². The maximum absolute atomic E-state index is 11.7. The Morgan fingerprint density at radius 3 is 2.58 bits per heavy atom. The number of nitrogens with one attached hydrogen (secondary N) is 3. The summed E-state index contributed by atoms with van der Waals surface area (Å²) in [6.07, 6.45) is 0. The van der Waals surface area contributed by atoms with E-state index >= 15 is 0 Å². The lowest BCUT2D eigenvalue weighted by molar-refractivity contribution is 0.0937. The van der Waals surface area contributed by atoms with Gasteiger partial charge in [0.15, 0.2) is 5.69 Å².